The summed E-state index contributed by atoms with van der Waals surface area (Å²) < 4.78 is 26.4. The van der Waals surface area contributed by atoms with Crippen molar-refractivity contribution >= 4 is 79.7 Å². The molecule has 0 saturated heterocycles. The van der Waals surface area contributed by atoms with Crippen LogP contribution in [0.4, 0.5) is 14.5 Å². The van der Waals surface area contributed by atoms with Crippen molar-refractivity contribution in [3.05, 3.63) is 97.4 Å². The van der Waals surface area contributed by atoms with E-state index in [0.29, 0.717) is 21.2 Å². The molecule has 1 N–H and O–H groups in total. The van der Waals surface area contributed by atoms with E-state index in [1.807, 2.05) is 0 Å². The lowest BCUT2D eigenvalue weighted by Gasteiger charge is -2.10. The van der Waals surface area contributed by atoms with Gasteiger partial charge in [0.2, 0.25) is 5.91 Å². The van der Waals surface area contributed by atoms with Crippen LogP contribution in [0.15, 0.2) is 59.1 Å². The summed E-state index contributed by atoms with van der Waals surface area (Å²) in [6, 6.07) is 12.5. The van der Waals surface area contributed by atoms with Crippen molar-refractivity contribution < 1.29 is 18.4 Å². The Kier molecular flexibility index (Phi) is 7.28. The number of carbonyl (C=O) groups excluding carboxylic acids is 2. The molecule has 1 fully saturated rings. The fourth-order valence-electron chi connectivity index (χ4n) is 3.74. The van der Waals surface area contributed by atoms with Crippen LogP contribution in [0.1, 0.15) is 27.4 Å². The highest BCUT2D eigenvalue weighted by Gasteiger charge is 2.67. The topological polar surface area (TPSA) is 46.2 Å². The summed E-state index contributed by atoms with van der Waals surface area (Å²) in [5.74, 6) is -3.71. The number of anilines is 1. The number of carbonyl (C=O) groups is 2. The van der Waals surface area contributed by atoms with Gasteiger partial charge in [0.1, 0.15) is 16.0 Å². The van der Waals surface area contributed by atoms with Gasteiger partial charge in [-0.3, -0.25) is 9.59 Å². The van der Waals surface area contributed by atoms with Crippen molar-refractivity contribution in [3.8, 4) is 0 Å². The van der Waals surface area contributed by atoms with Crippen LogP contribution in [0.25, 0.3) is 0 Å². The highest BCUT2D eigenvalue weighted by molar-refractivity contribution is 9.10. The fraction of sp³-hybridized carbons (Fsp3) is 0.167. The first-order chi connectivity index (χ1) is 16.0. The SMILES string of the molecule is O=C(Cc1ccc(F)cc1F)c1cc(NC(=O)C2C(c3ccc(Cl)c(Br)c3)C2(Cl)Cl)ccc1Cl. The molecule has 0 spiro atoms. The first-order valence-corrected chi connectivity index (χ1v) is 12.2. The number of amides is 1. The van der Waals surface area contributed by atoms with E-state index in [1.165, 1.54) is 24.3 Å². The Bertz CT molecular complexity index is 1320. The zero-order chi connectivity index (χ0) is 24.8. The van der Waals surface area contributed by atoms with Gasteiger partial charge in [-0.05, 0) is 63.5 Å². The monoisotopic (exact) mass is 605 g/mol. The Morgan fingerprint density at radius 2 is 1.68 bits per heavy atom. The summed E-state index contributed by atoms with van der Waals surface area (Å²) >= 11 is 28.4. The fourth-order valence-corrected chi connectivity index (χ4v) is 5.31. The normalized spacial score (nSPS) is 18.4. The highest BCUT2D eigenvalue weighted by Crippen LogP contribution is 2.65. The predicted octanol–water partition coefficient (Wildman–Crippen LogP) is 7.99. The average Bonchev–Trinajstić information content (AvgIpc) is 3.35. The molecule has 0 bridgehead atoms. The minimum atomic E-state index is -1.32. The van der Waals surface area contributed by atoms with Crippen LogP contribution in [-0.4, -0.2) is 16.0 Å². The smallest absolute Gasteiger partial charge is 0.231 e. The molecule has 176 valence electrons. The van der Waals surface area contributed by atoms with Gasteiger partial charge in [-0.1, -0.05) is 35.3 Å². The number of ketones is 1. The molecule has 1 aliphatic carbocycles. The first-order valence-electron chi connectivity index (χ1n) is 9.89. The summed E-state index contributed by atoms with van der Waals surface area (Å²) in [4.78, 5) is 25.7. The molecule has 10 heteroatoms. The lowest BCUT2D eigenvalue weighted by molar-refractivity contribution is -0.117. The predicted molar refractivity (Wildman–Crippen MR) is 134 cm³/mol. The zero-order valence-electron chi connectivity index (χ0n) is 17.0. The van der Waals surface area contributed by atoms with E-state index in [1.54, 1.807) is 18.2 Å². The number of Topliss-reactive ketones (excluding diaryl/α,β-unsaturated/α-hetero) is 1. The minimum absolute atomic E-state index is 0.0286. The molecular weight excluding hydrogens is 594 g/mol. The number of hydrogen-bond donors (Lipinski definition) is 1. The Morgan fingerprint density at radius 1 is 0.971 bits per heavy atom. The molecule has 1 aliphatic rings. The minimum Gasteiger partial charge on any atom is -0.326 e. The van der Waals surface area contributed by atoms with Gasteiger partial charge in [-0.25, -0.2) is 8.78 Å². The van der Waals surface area contributed by atoms with Crippen molar-refractivity contribution in [2.45, 2.75) is 16.7 Å². The third kappa shape index (κ3) is 5.12. The molecule has 3 nitrogen and oxygen atoms in total. The largest absolute Gasteiger partial charge is 0.326 e. The lowest BCUT2D eigenvalue weighted by Crippen LogP contribution is -2.17. The molecule has 34 heavy (non-hydrogen) atoms. The molecule has 0 aromatic heterocycles. The third-order valence-electron chi connectivity index (χ3n) is 5.54. The summed E-state index contributed by atoms with van der Waals surface area (Å²) in [5.41, 5.74) is 1.15. The molecule has 4 rings (SSSR count). The summed E-state index contributed by atoms with van der Waals surface area (Å²) in [6.07, 6.45) is -0.328. The van der Waals surface area contributed by atoms with Crippen LogP contribution < -0.4 is 5.32 Å². The van der Waals surface area contributed by atoms with Crippen LogP contribution in [0.5, 0.6) is 0 Å². The van der Waals surface area contributed by atoms with E-state index >= 15 is 0 Å². The number of nitrogens with one attached hydrogen (secondary N) is 1. The van der Waals surface area contributed by atoms with Gasteiger partial charge in [0.15, 0.2) is 5.78 Å². The van der Waals surface area contributed by atoms with Gasteiger partial charge >= 0.3 is 0 Å². The maximum absolute atomic E-state index is 14.0. The lowest BCUT2D eigenvalue weighted by atomic mass is 10.0. The standard InChI is InChI=1S/C24H14BrCl4F2NO2/c25-16-7-12(2-5-18(16)27)21-22(24(21,28)29)23(34)32-14-4-6-17(26)15(10-14)20(33)8-11-1-3-13(30)9-19(11)31/h1-7,9-10,21-22H,8H2,(H,32,34). The van der Waals surface area contributed by atoms with Crippen molar-refractivity contribution in [3.63, 3.8) is 0 Å². The van der Waals surface area contributed by atoms with E-state index in [-0.39, 0.29) is 22.6 Å². The van der Waals surface area contributed by atoms with Crippen LogP contribution in [-0.2, 0) is 11.2 Å². The van der Waals surface area contributed by atoms with Crippen molar-refractivity contribution in [2.24, 2.45) is 5.92 Å². The van der Waals surface area contributed by atoms with Crippen molar-refractivity contribution in [1.29, 1.82) is 0 Å². The highest BCUT2D eigenvalue weighted by atomic mass is 79.9. The average molecular weight is 608 g/mol. The van der Waals surface area contributed by atoms with Gasteiger partial charge in [-0.2, -0.15) is 0 Å². The second-order valence-corrected chi connectivity index (χ2v) is 10.9. The number of halogens is 7. The number of rotatable bonds is 6. The maximum atomic E-state index is 14.0. The van der Waals surface area contributed by atoms with Crippen molar-refractivity contribution in [2.75, 3.05) is 5.32 Å². The second kappa shape index (κ2) is 9.75. The summed E-state index contributed by atoms with van der Waals surface area (Å²) in [7, 11) is 0. The second-order valence-electron chi connectivity index (χ2n) is 7.82. The van der Waals surface area contributed by atoms with E-state index in [9.17, 15) is 18.4 Å². The van der Waals surface area contributed by atoms with Gasteiger partial charge in [-0.15, -0.1) is 23.2 Å². The van der Waals surface area contributed by atoms with Crippen LogP contribution >= 0.6 is 62.3 Å². The summed E-state index contributed by atoms with van der Waals surface area (Å²) in [6.45, 7) is 0. The summed E-state index contributed by atoms with van der Waals surface area (Å²) in [5, 5.41) is 3.35. The van der Waals surface area contributed by atoms with Crippen LogP contribution in [0, 0.1) is 17.6 Å². The molecule has 3 aromatic carbocycles. The van der Waals surface area contributed by atoms with Crippen molar-refractivity contribution in [1.82, 2.24) is 0 Å². The van der Waals surface area contributed by atoms with Crippen LogP contribution in [0.2, 0.25) is 10.0 Å². The van der Waals surface area contributed by atoms with E-state index in [2.05, 4.69) is 21.2 Å². The van der Waals surface area contributed by atoms with E-state index in [4.69, 9.17) is 46.4 Å². The molecule has 2 unspecified atom stereocenters. The molecule has 2 atom stereocenters. The maximum Gasteiger partial charge on any atom is 0.231 e. The molecule has 0 radical (unpaired) electrons. The Balaban J connectivity index is 1.51. The molecule has 3 aromatic rings. The quantitative estimate of drug-likeness (QED) is 0.228. The third-order valence-corrected chi connectivity index (χ3v) is 8.02. The van der Waals surface area contributed by atoms with Gasteiger partial charge in [0.05, 0.1) is 16.0 Å². The van der Waals surface area contributed by atoms with Gasteiger partial charge < -0.3 is 5.32 Å². The molecular formula is C24H14BrCl4F2NO2. The Hall–Kier alpha value is -1.70. The number of alkyl halides is 2. The van der Waals surface area contributed by atoms with Gasteiger partial charge in [0, 0.05) is 34.1 Å². The molecule has 0 heterocycles. The van der Waals surface area contributed by atoms with Gasteiger partial charge in [0.25, 0.3) is 0 Å². The first kappa shape index (κ1) is 25.4. The Morgan fingerprint density at radius 3 is 2.35 bits per heavy atom. The van der Waals surface area contributed by atoms with Crippen LogP contribution in [0.3, 0.4) is 0 Å². The molecule has 1 saturated carbocycles. The Labute approximate surface area is 222 Å². The van der Waals surface area contributed by atoms with E-state index in [0.717, 1.165) is 11.6 Å². The number of hydrogen-bond acceptors (Lipinski definition) is 2. The zero-order valence-corrected chi connectivity index (χ0v) is 21.6. The number of benzene rings is 3. The molecule has 0 aliphatic heterocycles. The molecule has 1 amide bonds. The van der Waals surface area contributed by atoms with E-state index < -0.39 is 39.5 Å².